The molecule has 0 saturated heterocycles. The summed E-state index contributed by atoms with van der Waals surface area (Å²) in [5, 5.41) is 14.7. The van der Waals surface area contributed by atoms with Gasteiger partial charge in [0.2, 0.25) is 5.91 Å². The number of rotatable bonds is 9. The van der Waals surface area contributed by atoms with Crippen molar-refractivity contribution in [2.45, 2.75) is 57.0 Å². The maximum absolute atomic E-state index is 12.4. The summed E-state index contributed by atoms with van der Waals surface area (Å²) in [5.74, 6) is -0.993. The number of hydrogen-bond acceptors (Lipinski definition) is 4. The number of carboxylic acids is 1. The summed E-state index contributed by atoms with van der Waals surface area (Å²) in [4.78, 5) is 35.9. The molecule has 0 bridgehead atoms. The third-order valence-corrected chi connectivity index (χ3v) is 6.66. The van der Waals surface area contributed by atoms with Crippen LogP contribution in [0.1, 0.15) is 56.1 Å². The maximum Gasteiger partial charge on any atom is 0.407 e. The number of carbonyl (C=O) groups is 3. The summed E-state index contributed by atoms with van der Waals surface area (Å²) >= 11 is 0. The zero-order valence-corrected chi connectivity index (χ0v) is 18.8. The number of carbonyl (C=O) groups excluding carboxylic acids is 2. The van der Waals surface area contributed by atoms with Gasteiger partial charge in [0.25, 0.3) is 0 Å². The maximum atomic E-state index is 12.4. The molecule has 2 atom stereocenters. The number of hydrogen-bond donors (Lipinski definition) is 3. The van der Waals surface area contributed by atoms with Crippen molar-refractivity contribution >= 4 is 18.0 Å². The fraction of sp³-hybridized carbons (Fsp3) is 0.423. The molecule has 7 heteroatoms. The zero-order valence-electron chi connectivity index (χ0n) is 18.8. The first-order chi connectivity index (χ1) is 15.9. The van der Waals surface area contributed by atoms with Crippen LogP contribution < -0.4 is 10.6 Å². The summed E-state index contributed by atoms with van der Waals surface area (Å²) in [6.45, 7) is 1.94. The Kier molecular flexibility index (Phi) is 6.96. The van der Waals surface area contributed by atoms with Crippen LogP contribution in [0.2, 0.25) is 0 Å². The van der Waals surface area contributed by atoms with Crippen molar-refractivity contribution in [2.75, 3.05) is 6.61 Å². The van der Waals surface area contributed by atoms with E-state index >= 15 is 0 Å². The lowest BCUT2D eigenvalue weighted by atomic mass is 9.78. The molecule has 2 aliphatic carbocycles. The number of nitrogens with one attached hydrogen (secondary N) is 2. The van der Waals surface area contributed by atoms with Crippen molar-refractivity contribution in [3.8, 4) is 11.1 Å². The molecule has 2 aliphatic rings. The van der Waals surface area contributed by atoms with Gasteiger partial charge in [-0.3, -0.25) is 9.59 Å². The first-order valence-corrected chi connectivity index (χ1v) is 11.5. The third-order valence-electron chi connectivity index (χ3n) is 6.66. The Hall–Kier alpha value is -3.35. The van der Waals surface area contributed by atoms with Crippen molar-refractivity contribution in [3.05, 3.63) is 59.7 Å². The molecule has 2 unspecified atom stereocenters. The normalized spacial score (nSPS) is 16.6. The number of alkyl carbamates (subject to hydrolysis) is 1. The standard InChI is InChI=1S/C26H30N2O5/c1-16(13-24(29)28-23(14-25(30)31)17-7-6-8-17)27-26(32)33-15-22-20-11-4-2-9-18(20)19-10-3-5-12-21(19)22/h2-5,9-12,16-17,22-23H,6-8,13-15H2,1H3,(H,27,32)(H,28,29)(H,30,31). The molecule has 0 spiro atoms. The molecule has 33 heavy (non-hydrogen) atoms. The molecule has 2 aromatic carbocycles. The molecule has 2 aromatic rings. The Morgan fingerprint density at radius 1 is 0.970 bits per heavy atom. The van der Waals surface area contributed by atoms with Crippen LogP contribution in [0.4, 0.5) is 4.79 Å². The van der Waals surface area contributed by atoms with E-state index in [1.807, 2.05) is 24.3 Å². The van der Waals surface area contributed by atoms with E-state index in [4.69, 9.17) is 9.84 Å². The van der Waals surface area contributed by atoms with Crippen LogP contribution in [0, 0.1) is 5.92 Å². The SMILES string of the molecule is CC(CC(=O)NC(CC(=O)O)C1CCC1)NC(=O)OCC1c2ccccc2-c2ccccc21. The van der Waals surface area contributed by atoms with Gasteiger partial charge >= 0.3 is 12.1 Å². The van der Waals surface area contributed by atoms with E-state index in [9.17, 15) is 14.4 Å². The van der Waals surface area contributed by atoms with E-state index in [0.717, 1.165) is 41.5 Å². The molecule has 3 N–H and O–H groups in total. The molecule has 0 heterocycles. The molecule has 1 fully saturated rings. The second kappa shape index (κ2) is 10.1. The Balaban J connectivity index is 1.28. The average Bonchev–Trinajstić information content (AvgIpc) is 3.04. The molecule has 174 valence electrons. The van der Waals surface area contributed by atoms with Crippen molar-refractivity contribution in [2.24, 2.45) is 5.92 Å². The number of carboxylic acid groups (broad SMARTS) is 1. The van der Waals surface area contributed by atoms with Gasteiger partial charge in [0.1, 0.15) is 6.61 Å². The number of amides is 2. The predicted octanol–water partition coefficient (Wildman–Crippen LogP) is 4.06. The van der Waals surface area contributed by atoms with Gasteiger partial charge in [0.05, 0.1) is 6.42 Å². The molecule has 2 amide bonds. The third kappa shape index (κ3) is 5.35. The minimum Gasteiger partial charge on any atom is -0.481 e. The number of aliphatic carboxylic acids is 1. The highest BCUT2D eigenvalue weighted by Gasteiger charge is 2.31. The van der Waals surface area contributed by atoms with Gasteiger partial charge in [-0.1, -0.05) is 55.0 Å². The van der Waals surface area contributed by atoms with E-state index < -0.39 is 18.1 Å². The van der Waals surface area contributed by atoms with Crippen LogP contribution >= 0.6 is 0 Å². The van der Waals surface area contributed by atoms with Crippen molar-refractivity contribution in [1.82, 2.24) is 10.6 Å². The Morgan fingerprint density at radius 3 is 2.12 bits per heavy atom. The van der Waals surface area contributed by atoms with Gasteiger partial charge < -0.3 is 20.5 Å². The first kappa shape index (κ1) is 22.8. The Bertz CT molecular complexity index is 987. The number of benzene rings is 2. The lowest BCUT2D eigenvalue weighted by Crippen LogP contribution is -2.46. The number of ether oxygens (including phenoxy) is 1. The van der Waals surface area contributed by atoms with Gasteiger partial charge in [-0.25, -0.2) is 4.79 Å². The van der Waals surface area contributed by atoms with E-state index in [0.29, 0.717) is 0 Å². The van der Waals surface area contributed by atoms with Gasteiger partial charge in [-0.2, -0.15) is 0 Å². The van der Waals surface area contributed by atoms with Crippen LogP contribution in [0.5, 0.6) is 0 Å². The van der Waals surface area contributed by atoms with Gasteiger partial charge in [0, 0.05) is 24.4 Å². The fourth-order valence-electron chi connectivity index (χ4n) is 4.80. The minimum atomic E-state index is -0.919. The van der Waals surface area contributed by atoms with E-state index in [1.54, 1.807) is 6.92 Å². The highest BCUT2D eigenvalue weighted by Crippen LogP contribution is 2.44. The minimum absolute atomic E-state index is 0.0268. The molecule has 4 rings (SSSR count). The smallest absolute Gasteiger partial charge is 0.407 e. The first-order valence-electron chi connectivity index (χ1n) is 11.5. The molecule has 0 aromatic heterocycles. The quantitative estimate of drug-likeness (QED) is 0.534. The monoisotopic (exact) mass is 450 g/mol. The summed E-state index contributed by atoms with van der Waals surface area (Å²) in [5.41, 5.74) is 4.60. The fourth-order valence-corrected chi connectivity index (χ4v) is 4.80. The Labute approximate surface area is 193 Å². The Morgan fingerprint density at radius 2 is 1.58 bits per heavy atom. The van der Waals surface area contributed by atoms with E-state index in [-0.39, 0.29) is 43.2 Å². The van der Waals surface area contributed by atoms with Gasteiger partial charge in [0.15, 0.2) is 0 Å². The van der Waals surface area contributed by atoms with Crippen molar-refractivity contribution in [1.29, 1.82) is 0 Å². The largest absolute Gasteiger partial charge is 0.481 e. The second-order valence-electron chi connectivity index (χ2n) is 9.04. The highest BCUT2D eigenvalue weighted by molar-refractivity contribution is 5.80. The van der Waals surface area contributed by atoms with E-state index in [2.05, 4.69) is 34.9 Å². The highest BCUT2D eigenvalue weighted by atomic mass is 16.5. The second-order valence-corrected chi connectivity index (χ2v) is 9.04. The molecule has 1 saturated carbocycles. The molecule has 0 radical (unpaired) electrons. The van der Waals surface area contributed by atoms with Crippen LogP contribution in [0.25, 0.3) is 11.1 Å². The van der Waals surface area contributed by atoms with Gasteiger partial charge in [-0.15, -0.1) is 0 Å². The van der Waals surface area contributed by atoms with Crippen LogP contribution in [0.15, 0.2) is 48.5 Å². The van der Waals surface area contributed by atoms with Crippen molar-refractivity contribution < 1.29 is 24.2 Å². The predicted molar refractivity (Wildman–Crippen MR) is 124 cm³/mol. The zero-order chi connectivity index (χ0) is 23.4. The molecular formula is C26H30N2O5. The van der Waals surface area contributed by atoms with Gasteiger partial charge in [-0.05, 0) is 47.9 Å². The average molecular weight is 451 g/mol. The summed E-state index contributed by atoms with van der Waals surface area (Å²) in [6, 6.07) is 15.5. The summed E-state index contributed by atoms with van der Waals surface area (Å²) in [7, 11) is 0. The van der Waals surface area contributed by atoms with Crippen LogP contribution in [0.3, 0.4) is 0 Å². The molecular weight excluding hydrogens is 420 g/mol. The lowest BCUT2D eigenvalue weighted by Gasteiger charge is -2.33. The summed E-state index contributed by atoms with van der Waals surface area (Å²) in [6.07, 6.45) is 2.35. The van der Waals surface area contributed by atoms with Crippen LogP contribution in [-0.4, -0.2) is 41.8 Å². The van der Waals surface area contributed by atoms with Crippen molar-refractivity contribution in [3.63, 3.8) is 0 Å². The van der Waals surface area contributed by atoms with Crippen LogP contribution in [-0.2, 0) is 14.3 Å². The summed E-state index contributed by atoms with van der Waals surface area (Å²) < 4.78 is 5.53. The molecule has 7 nitrogen and oxygen atoms in total. The topological polar surface area (TPSA) is 105 Å². The lowest BCUT2D eigenvalue weighted by molar-refractivity contribution is -0.138. The molecule has 0 aliphatic heterocycles. The number of fused-ring (bicyclic) bond motifs is 3. The van der Waals surface area contributed by atoms with E-state index in [1.165, 1.54) is 0 Å².